The first kappa shape index (κ1) is 11.9. The Bertz CT molecular complexity index is 579. The first-order valence-corrected chi connectivity index (χ1v) is 6.43. The topological polar surface area (TPSA) is 51.0 Å². The summed E-state index contributed by atoms with van der Waals surface area (Å²) in [5.74, 6) is 0.473. The highest BCUT2D eigenvalue weighted by Crippen LogP contribution is 2.34. The minimum absolute atomic E-state index is 0.175. The van der Waals surface area contributed by atoms with Gasteiger partial charge in [-0.15, -0.1) is 0 Å². The minimum atomic E-state index is 0.175. The zero-order chi connectivity index (χ0) is 13.2. The Morgan fingerprint density at radius 3 is 3.00 bits per heavy atom. The predicted molar refractivity (Wildman–Crippen MR) is 71.8 cm³/mol. The number of carbonyl (C=O) groups excluding carboxylic acids is 1. The van der Waals surface area contributed by atoms with Crippen molar-refractivity contribution in [3.05, 3.63) is 42.5 Å². The number of anilines is 1. The average molecular weight is 256 g/mol. The molecule has 0 radical (unpaired) electrons. The third-order valence-corrected chi connectivity index (χ3v) is 3.69. The normalized spacial score (nSPS) is 19.1. The van der Waals surface area contributed by atoms with E-state index in [0.29, 0.717) is 12.3 Å². The van der Waals surface area contributed by atoms with E-state index >= 15 is 0 Å². The minimum Gasteiger partial charge on any atom is -0.315 e. The molecule has 1 amide bonds. The molecule has 0 spiro atoms. The Labute approximate surface area is 111 Å². The number of aromatic nitrogens is 3. The second kappa shape index (κ2) is 4.84. The third kappa shape index (κ3) is 2.23. The molecule has 2 heterocycles. The van der Waals surface area contributed by atoms with Crippen LogP contribution in [0.5, 0.6) is 0 Å². The summed E-state index contributed by atoms with van der Waals surface area (Å²) in [5, 5.41) is 4.16. The molecule has 3 rings (SSSR count). The van der Waals surface area contributed by atoms with Crippen molar-refractivity contribution in [2.45, 2.75) is 25.3 Å². The van der Waals surface area contributed by atoms with Crippen molar-refractivity contribution >= 4 is 11.6 Å². The molecule has 1 aliphatic heterocycles. The second-order valence-corrected chi connectivity index (χ2v) is 4.86. The predicted octanol–water partition coefficient (Wildman–Crippen LogP) is 1.82. The van der Waals surface area contributed by atoms with Crippen molar-refractivity contribution in [2.24, 2.45) is 0 Å². The molecule has 1 unspecified atom stereocenters. The number of para-hydroxylation sites is 1. The van der Waals surface area contributed by atoms with Crippen LogP contribution in [0.1, 0.15) is 24.3 Å². The highest BCUT2D eigenvalue weighted by atomic mass is 16.2. The first-order valence-electron chi connectivity index (χ1n) is 6.43. The molecule has 0 N–H and O–H groups in total. The maximum Gasteiger partial charge on any atom is 0.226 e. The van der Waals surface area contributed by atoms with Gasteiger partial charge >= 0.3 is 0 Å². The monoisotopic (exact) mass is 256 g/mol. The molecule has 19 heavy (non-hydrogen) atoms. The van der Waals surface area contributed by atoms with Gasteiger partial charge in [0.2, 0.25) is 5.91 Å². The van der Waals surface area contributed by atoms with E-state index in [-0.39, 0.29) is 5.91 Å². The lowest BCUT2D eigenvalue weighted by molar-refractivity contribution is -0.118. The fourth-order valence-corrected chi connectivity index (χ4v) is 2.64. The summed E-state index contributed by atoms with van der Waals surface area (Å²) < 4.78 is 1.83. The van der Waals surface area contributed by atoms with Crippen molar-refractivity contribution < 1.29 is 4.79 Å². The molecule has 5 heteroatoms. The largest absolute Gasteiger partial charge is 0.315 e. The lowest BCUT2D eigenvalue weighted by Gasteiger charge is -2.20. The van der Waals surface area contributed by atoms with Crippen LogP contribution >= 0.6 is 0 Å². The van der Waals surface area contributed by atoms with Gasteiger partial charge in [-0.05, 0) is 18.1 Å². The van der Waals surface area contributed by atoms with Crippen molar-refractivity contribution in [3.8, 4) is 0 Å². The highest BCUT2D eigenvalue weighted by Gasteiger charge is 2.25. The van der Waals surface area contributed by atoms with Crippen molar-refractivity contribution in [1.29, 1.82) is 0 Å². The molecular weight excluding hydrogens is 240 g/mol. The molecule has 98 valence electrons. The lowest BCUT2D eigenvalue weighted by Crippen LogP contribution is -2.24. The zero-order valence-electron chi connectivity index (χ0n) is 10.9. The number of nitrogens with zero attached hydrogens (tertiary/aromatic N) is 4. The van der Waals surface area contributed by atoms with Gasteiger partial charge in [0.05, 0.1) is 0 Å². The van der Waals surface area contributed by atoms with Crippen LogP contribution in [0.25, 0.3) is 0 Å². The Balaban J connectivity index is 1.97. The van der Waals surface area contributed by atoms with Crippen LogP contribution in [0.2, 0.25) is 0 Å². The van der Waals surface area contributed by atoms with Crippen LogP contribution < -0.4 is 4.90 Å². The van der Waals surface area contributed by atoms with Gasteiger partial charge in [-0.25, -0.2) is 4.98 Å². The summed E-state index contributed by atoms with van der Waals surface area (Å²) in [6.45, 7) is 0.762. The fourth-order valence-electron chi connectivity index (χ4n) is 2.64. The standard InChI is InChI=1S/C14H16N4O/c1-17-13-5-3-2-4-12(13)11(6-7-14(17)19)8-18-10-15-9-16-18/h2-5,9-11H,6-8H2,1H3. The van der Waals surface area contributed by atoms with Crippen LogP contribution in [-0.2, 0) is 11.3 Å². The molecule has 0 fully saturated rings. The van der Waals surface area contributed by atoms with Gasteiger partial charge in [-0.2, -0.15) is 5.10 Å². The Morgan fingerprint density at radius 1 is 1.37 bits per heavy atom. The van der Waals surface area contributed by atoms with Crippen LogP contribution in [0.3, 0.4) is 0 Å². The van der Waals surface area contributed by atoms with E-state index in [4.69, 9.17) is 0 Å². The van der Waals surface area contributed by atoms with E-state index in [2.05, 4.69) is 16.1 Å². The van der Waals surface area contributed by atoms with E-state index in [9.17, 15) is 4.79 Å². The molecule has 1 atom stereocenters. The summed E-state index contributed by atoms with van der Waals surface area (Å²) in [5.41, 5.74) is 2.22. The number of hydrogen-bond acceptors (Lipinski definition) is 3. The zero-order valence-corrected chi connectivity index (χ0v) is 10.9. The molecule has 2 aromatic rings. The molecule has 1 aromatic heterocycles. The maximum atomic E-state index is 12.0. The summed E-state index contributed by atoms with van der Waals surface area (Å²) in [6.07, 6.45) is 4.68. The molecule has 0 aliphatic carbocycles. The van der Waals surface area contributed by atoms with Gasteiger partial charge in [0, 0.05) is 31.6 Å². The quantitative estimate of drug-likeness (QED) is 0.823. The highest BCUT2D eigenvalue weighted by molar-refractivity contribution is 5.94. The maximum absolute atomic E-state index is 12.0. The van der Waals surface area contributed by atoms with E-state index in [1.165, 1.54) is 5.56 Å². The second-order valence-electron chi connectivity index (χ2n) is 4.86. The number of hydrogen-bond donors (Lipinski definition) is 0. The number of fused-ring (bicyclic) bond motifs is 1. The van der Waals surface area contributed by atoms with Gasteiger partial charge in [0.15, 0.2) is 0 Å². The van der Waals surface area contributed by atoms with Gasteiger partial charge in [-0.1, -0.05) is 18.2 Å². The van der Waals surface area contributed by atoms with Gasteiger partial charge < -0.3 is 4.90 Å². The van der Waals surface area contributed by atoms with Crippen molar-refractivity contribution in [2.75, 3.05) is 11.9 Å². The summed E-state index contributed by atoms with van der Waals surface area (Å²) in [7, 11) is 1.85. The number of benzene rings is 1. The molecular formula is C14H16N4O. The number of carbonyl (C=O) groups is 1. The summed E-state index contributed by atoms with van der Waals surface area (Å²) in [4.78, 5) is 17.7. The summed E-state index contributed by atoms with van der Waals surface area (Å²) in [6, 6.07) is 8.11. The molecule has 0 saturated carbocycles. The molecule has 5 nitrogen and oxygen atoms in total. The van der Waals surface area contributed by atoms with Crippen LogP contribution in [0.15, 0.2) is 36.9 Å². The first-order chi connectivity index (χ1) is 9.25. The van der Waals surface area contributed by atoms with Gasteiger partial charge in [0.1, 0.15) is 12.7 Å². The van der Waals surface area contributed by atoms with Crippen LogP contribution in [0, 0.1) is 0 Å². The van der Waals surface area contributed by atoms with Gasteiger partial charge in [0.25, 0.3) is 0 Å². The van der Waals surface area contributed by atoms with E-state index in [0.717, 1.165) is 18.7 Å². The molecule has 1 aliphatic rings. The molecule has 0 bridgehead atoms. The Kier molecular flexibility index (Phi) is 3.03. The molecule has 1 aromatic carbocycles. The SMILES string of the molecule is CN1C(=O)CCC(Cn2cncn2)c2ccccc21. The van der Waals surface area contributed by atoms with E-state index in [1.54, 1.807) is 17.6 Å². The third-order valence-electron chi connectivity index (χ3n) is 3.69. The smallest absolute Gasteiger partial charge is 0.226 e. The van der Waals surface area contributed by atoms with Crippen molar-refractivity contribution in [1.82, 2.24) is 14.8 Å². The number of rotatable bonds is 2. The fraction of sp³-hybridized carbons (Fsp3) is 0.357. The van der Waals surface area contributed by atoms with Crippen LogP contribution in [0.4, 0.5) is 5.69 Å². The van der Waals surface area contributed by atoms with Crippen molar-refractivity contribution in [3.63, 3.8) is 0 Å². The van der Waals surface area contributed by atoms with E-state index in [1.807, 2.05) is 29.9 Å². The Hall–Kier alpha value is -2.17. The molecule has 0 saturated heterocycles. The average Bonchev–Trinajstić information content (AvgIpc) is 2.91. The number of amides is 1. The van der Waals surface area contributed by atoms with E-state index < -0.39 is 0 Å². The van der Waals surface area contributed by atoms with Crippen LogP contribution in [-0.4, -0.2) is 27.7 Å². The Morgan fingerprint density at radius 2 is 2.21 bits per heavy atom. The van der Waals surface area contributed by atoms with Gasteiger partial charge in [-0.3, -0.25) is 9.48 Å². The summed E-state index contributed by atoms with van der Waals surface area (Å²) >= 11 is 0. The lowest BCUT2D eigenvalue weighted by atomic mass is 9.94.